The maximum Gasteiger partial charge on any atom is 0.220 e. The highest BCUT2D eigenvalue weighted by molar-refractivity contribution is 14.1. The van der Waals surface area contributed by atoms with Crippen molar-refractivity contribution in [1.82, 2.24) is 5.32 Å². The number of carbonyl (C=O) groups is 1. The smallest absolute Gasteiger partial charge is 0.220 e. The summed E-state index contributed by atoms with van der Waals surface area (Å²) in [5.74, 6) is 3.71. The molecule has 1 N–H and O–H groups in total. The van der Waals surface area contributed by atoms with Gasteiger partial charge in [-0.15, -0.1) is 0 Å². The molecule has 1 amide bonds. The zero-order valence-corrected chi connectivity index (χ0v) is 16.7. The molecule has 1 saturated heterocycles. The van der Waals surface area contributed by atoms with Crippen LogP contribution in [0.1, 0.15) is 65.2 Å². The van der Waals surface area contributed by atoms with Gasteiger partial charge in [0.2, 0.25) is 5.91 Å². The Labute approximate surface area is 154 Å². The quantitative estimate of drug-likeness (QED) is 0.537. The first-order valence-corrected chi connectivity index (χ1v) is 10.7. The third kappa shape index (κ3) is 2.43. The fourth-order valence-electron chi connectivity index (χ4n) is 6.77. The molecule has 0 radical (unpaired) electrons. The van der Waals surface area contributed by atoms with E-state index < -0.39 is 0 Å². The van der Waals surface area contributed by atoms with E-state index in [0.717, 1.165) is 43.1 Å². The van der Waals surface area contributed by atoms with Gasteiger partial charge in [0.15, 0.2) is 0 Å². The molecule has 3 aliphatic carbocycles. The Kier molecular flexibility index (Phi) is 4.10. The molecule has 1 heterocycles. The van der Waals surface area contributed by atoms with Gasteiger partial charge < -0.3 is 5.32 Å². The van der Waals surface area contributed by atoms with E-state index in [1.807, 2.05) is 0 Å². The molecule has 6 atom stereocenters. The highest BCUT2D eigenvalue weighted by Gasteiger charge is 2.57. The Hall–Kier alpha value is -0.0600. The van der Waals surface area contributed by atoms with E-state index in [9.17, 15) is 4.79 Å². The molecule has 0 aromatic heterocycles. The highest BCUT2D eigenvalue weighted by atomic mass is 127. The maximum absolute atomic E-state index is 12.0. The molecule has 0 aromatic rings. The first kappa shape index (κ1) is 16.4. The van der Waals surface area contributed by atoms with Gasteiger partial charge in [-0.25, -0.2) is 0 Å². The summed E-state index contributed by atoms with van der Waals surface area (Å²) < 4.78 is 1.63. The van der Waals surface area contributed by atoms with Crippen LogP contribution in [0.4, 0.5) is 0 Å². The van der Waals surface area contributed by atoms with Gasteiger partial charge >= 0.3 is 0 Å². The normalized spacial score (nSPS) is 49.9. The summed E-state index contributed by atoms with van der Waals surface area (Å²) in [7, 11) is 0. The van der Waals surface area contributed by atoms with Crippen LogP contribution in [-0.4, -0.2) is 12.5 Å². The summed E-state index contributed by atoms with van der Waals surface area (Å²) in [5, 5.41) is 3.11. The van der Waals surface area contributed by atoms with Crippen LogP contribution < -0.4 is 5.32 Å². The van der Waals surface area contributed by atoms with Gasteiger partial charge in [0.25, 0.3) is 0 Å². The van der Waals surface area contributed by atoms with Gasteiger partial charge in [-0.3, -0.25) is 4.79 Å². The molecule has 23 heavy (non-hydrogen) atoms. The Morgan fingerprint density at radius 2 is 1.96 bits per heavy atom. The lowest BCUT2D eigenvalue weighted by Crippen LogP contribution is -2.52. The Bertz CT molecular complexity index is 544. The lowest BCUT2D eigenvalue weighted by Gasteiger charge is -2.59. The summed E-state index contributed by atoms with van der Waals surface area (Å²) >= 11 is 2.61. The van der Waals surface area contributed by atoms with Gasteiger partial charge in [-0.1, -0.05) is 19.9 Å². The van der Waals surface area contributed by atoms with Crippen LogP contribution in [0, 0.1) is 34.5 Å². The predicted molar refractivity (Wildman–Crippen MR) is 102 cm³/mol. The van der Waals surface area contributed by atoms with E-state index in [1.54, 1.807) is 3.58 Å². The van der Waals surface area contributed by atoms with Crippen molar-refractivity contribution in [2.75, 3.05) is 6.54 Å². The van der Waals surface area contributed by atoms with Crippen molar-refractivity contribution in [3.05, 3.63) is 9.66 Å². The zero-order valence-electron chi connectivity index (χ0n) is 14.5. The highest BCUT2D eigenvalue weighted by Crippen LogP contribution is 2.66. The van der Waals surface area contributed by atoms with Crippen LogP contribution in [0.5, 0.6) is 0 Å². The minimum absolute atomic E-state index is 0.282. The van der Waals surface area contributed by atoms with E-state index in [1.165, 1.54) is 38.5 Å². The van der Waals surface area contributed by atoms with Crippen molar-refractivity contribution in [2.24, 2.45) is 34.5 Å². The second-order valence-electron chi connectivity index (χ2n) is 9.04. The van der Waals surface area contributed by atoms with Crippen molar-refractivity contribution < 1.29 is 4.79 Å². The number of amides is 1. The van der Waals surface area contributed by atoms with Gasteiger partial charge in [0.1, 0.15) is 0 Å². The second-order valence-corrected chi connectivity index (χ2v) is 10.2. The van der Waals surface area contributed by atoms with Gasteiger partial charge in [-0.05, 0) is 100 Å². The summed E-state index contributed by atoms with van der Waals surface area (Å²) in [6, 6.07) is 0. The Morgan fingerprint density at radius 1 is 1.13 bits per heavy atom. The first-order chi connectivity index (χ1) is 10.9. The second kappa shape index (κ2) is 5.74. The summed E-state index contributed by atoms with van der Waals surface area (Å²) in [5.41, 5.74) is 0.861. The van der Waals surface area contributed by atoms with Crippen LogP contribution >= 0.6 is 22.6 Å². The van der Waals surface area contributed by atoms with E-state index in [4.69, 9.17) is 0 Å². The van der Waals surface area contributed by atoms with Gasteiger partial charge in [0, 0.05) is 18.4 Å². The molecule has 3 heteroatoms. The molecule has 128 valence electrons. The summed E-state index contributed by atoms with van der Waals surface area (Å²) in [4.78, 5) is 12.0. The fraction of sp³-hybridized carbons (Fsp3) is 0.850. The third-order valence-electron chi connectivity index (χ3n) is 8.26. The molecular weight excluding hydrogens is 397 g/mol. The molecule has 0 aromatic carbocycles. The first-order valence-electron chi connectivity index (χ1n) is 9.58. The number of carbonyl (C=O) groups excluding carboxylic acids is 1. The van der Waals surface area contributed by atoms with E-state index >= 15 is 0 Å². The molecule has 4 rings (SSSR count). The standard InChI is InChI=1S/C20H30INO/c1-19-11-8-18(23)22-12-9-13(19)3-4-14-15-5-6-17(21)20(15,2)10-7-16(14)19/h6,13-16H,3-5,7-12H2,1-2H3,(H,22,23)/t13-,14?,15-,16?,19-,20-/m0/s1. The molecular formula is C20H30INO. The van der Waals surface area contributed by atoms with Crippen LogP contribution in [0.15, 0.2) is 9.66 Å². The summed E-state index contributed by atoms with van der Waals surface area (Å²) in [6.07, 6.45) is 12.4. The van der Waals surface area contributed by atoms with Crippen molar-refractivity contribution in [2.45, 2.75) is 65.2 Å². The minimum Gasteiger partial charge on any atom is -0.356 e. The minimum atomic E-state index is 0.282. The lowest BCUT2D eigenvalue weighted by molar-refractivity contribution is -0.127. The molecule has 2 unspecified atom stereocenters. The lowest BCUT2D eigenvalue weighted by atomic mass is 9.46. The van der Waals surface area contributed by atoms with Crippen molar-refractivity contribution in [3.8, 4) is 0 Å². The molecule has 2 nitrogen and oxygen atoms in total. The number of nitrogens with one attached hydrogen (secondary N) is 1. The van der Waals surface area contributed by atoms with Crippen LogP contribution in [-0.2, 0) is 4.79 Å². The van der Waals surface area contributed by atoms with E-state index in [2.05, 4.69) is 47.8 Å². The SMILES string of the molecule is C[C@]12CCC3C(CC[C@H]4CCNC(=O)CC[C@]34C)[C@@H]1CC=C2I. The van der Waals surface area contributed by atoms with Crippen molar-refractivity contribution in [1.29, 1.82) is 0 Å². The van der Waals surface area contributed by atoms with Crippen LogP contribution in [0.25, 0.3) is 0 Å². The number of fused-ring (bicyclic) bond motifs is 5. The molecule has 1 aliphatic heterocycles. The van der Waals surface area contributed by atoms with Gasteiger partial charge in [0.05, 0.1) is 0 Å². The average Bonchev–Trinajstić information content (AvgIpc) is 2.82. The topological polar surface area (TPSA) is 29.1 Å². The van der Waals surface area contributed by atoms with Crippen LogP contribution in [0.3, 0.4) is 0 Å². The largest absolute Gasteiger partial charge is 0.356 e. The number of hydrogen-bond donors (Lipinski definition) is 1. The number of halogens is 1. The molecule has 3 fully saturated rings. The fourth-order valence-corrected chi connectivity index (χ4v) is 7.69. The zero-order chi connectivity index (χ0) is 16.2. The monoisotopic (exact) mass is 427 g/mol. The third-order valence-corrected chi connectivity index (χ3v) is 9.93. The Balaban J connectivity index is 1.63. The predicted octanol–water partition coefficient (Wildman–Crippen LogP) is 5.07. The summed E-state index contributed by atoms with van der Waals surface area (Å²) in [6.45, 7) is 5.97. The molecule has 4 aliphatic rings. The van der Waals surface area contributed by atoms with Crippen molar-refractivity contribution in [3.63, 3.8) is 0 Å². The number of rotatable bonds is 0. The molecule has 0 spiro atoms. The van der Waals surface area contributed by atoms with Crippen molar-refractivity contribution >= 4 is 28.5 Å². The number of hydrogen-bond acceptors (Lipinski definition) is 1. The van der Waals surface area contributed by atoms with Crippen LogP contribution in [0.2, 0.25) is 0 Å². The van der Waals surface area contributed by atoms with E-state index in [0.29, 0.717) is 10.8 Å². The maximum atomic E-state index is 12.0. The molecule has 2 saturated carbocycles. The average molecular weight is 427 g/mol. The Morgan fingerprint density at radius 3 is 2.78 bits per heavy atom. The number of allylic oxidation sites excluding steroid dienone is 2. The van der Waals surface area contributed by atoms with E-state index in [-0.39, 0.29) is 5.91 Å². The molecule has 0 bridgehead atoms. The van der Waals surface area contributed by atoms with Gasteiger partial charge in [-0.2, -0.15) is 0 Å².